The van der Waals surface area contributed by atoms with Gasteiger partial charge in [-0.2, -0.15) is 0 Å². The highest BCUT2D eigenvalue weighted by Gasteiger charge is 2.44. The second-order valence-corrected chi connectivity index (χ2v) is 6.13. The summed E-state index contributed by atoms with van der Waals surface area (Å²) in [7, 11) is 0. The second kappa shape index (κ2) is 6.29. The zero-order valence-electron chi connectivity index (χ0n) is 12.9. The molecular weight excluding hydrogens is 264 g/mol. The van der Waals surface area contributed by atoms with Crippen LogP contribution >= 0.6 is 0 Å². The van der Waals surface area contributed by atoms with Crippen LogP contribution in [0, 0.1) is 18.8 Å². The Morgan fingerprint density at radius 1 is 1.33 bits per heavy atom. The molecule has 0 radical (unpaired) electrons. The Bertz CT molecular complexity index is 524. The van der Waals surface area contributed by atoms with Crippen molar-refractivity contribution in [3.8, 4) is 0 Å². The average Bonchev–Trinajstić information content (AvgIpc) is 3.24. The topological polar surface area (TPSA) is 72.2 Å². The van der Waals surface area contributed by atoms with Crippen molar-refractivity contribution < 1.29 is 9.59 Å². The van der Waals surface area contributed by atoms with E-state index in [4.69, 9.17) is 5.73 Å². The first kappa shape index (κ1) is 15.5. The van der Waals surface area contributed by atoms with E-state index in [1.165, 1.54) is 11.1 Å². The van der Waals surface area contributed by atoms with Crippen molar-refractivity contribution in [2.24, 2.45) is 17.6 Å². The lowest BCUT2D eigenvalue weighted by Crippen LogP contribution is -2.48. The Morgan fingerprint density at radius 2 is 1.95 bits per heavy atom. The molecule has 1 aromatic rings. The number of rotatable bonds is 6. The van der Waals surface area contributed by atoms with Crippen LogP contribution in [-0.4, -0.2) is 17.9 Å². The van der Waals surface area contributed by atoms with Crippen LogP contribution in [0.5, 0.6) is 0 Å². The summed E-state index contributed by atoms with van der Waals surface area (Å²) in [6.45, 7) is 5.96. The van der Waals surface area contributed by atoms with Gasteiger partial charge in [0.1, 0.15) is 6.04 Å². The molecule has 0 spiro atoms. The zero-order chi connectivity index (χ0) is 15.6. The zero-order valence-corrected chi connectivity index (χ0v) is 12.9. The molecule has 0 saturated heterocycles. The van der Waals surface area contributed by atoms with E-state index in [0.717, 1.165) is 12.8 Å². The van der Waals surface area contributed by atoms with Crippen LogP contribution in [0.25, 0.3) is 0 Å². The van der Waals surface area contributed by atoms with E-state index in [-0.39, 0.29) is 23.7 Å². The van der Waals surface area contributed by atoms with Gasteiger partial charge < -0.3 is 11.1 Å². The lowest BCUT2D eigenvalue weighted by atomic mass is 9.98. The van der Waals surface area contributed by atoms with Gasteiger partial charge in [0.15, 0.2) is 0 Å². The van der Waals surface area contributed by atoms with Crippen molar-refractivity contribution in [3.05, 3.63) is 35.4 Å². The molecule has 3 N–H and O–H groups in total. The summed E-state index contributed by atoms with van der Waals surface area (Å²) in [5, 5.41) is 2.83. The van der Waals surface area contributed by atoms with Crippen molar-refractivity contribution in [3.63, 3.8) is 0 Å². The normalized spacial score (nSPS) is 23.2. The molecule has 1 aliphatic carbocycles. The number of hydrogen-bond donors (Lipinski definition) is 2. The Balaban J connectivity index is 1.96. The van der Waals surface area contributed by atoms with Gasteiger partial charge in [0.25, 0.3) is 0 Å². The molecule has 21 heavy (non-hydrogen) atoms. The molecule has 114 valence electrons. The number of hydrogen-bond acceptors (Lipinski definition) is 2. The molecule has 4 heteroatoms. The first-order chi connectivity index (χ1) is 9.93. The Morgan fingerprint density at radius 3 is 2.48 bits per heavy atom. The van der Waals surface area contributed by atoms with Gasteiger partial charge in [0, 0.05) is 5.92 Å². The van der Waals surface area contributed by atoms with Crippen LogP contribution in [-0.2, 0) is 9.59 Å². The third-order valence-corrected chi connectivity index (χ3v) is 4.45. The quantitative estimate of drug-likeness (QED) is 0.841. The average molecular weight is 288 g/mol. The van der Waals surface area contributed by atoms with Gasteiger partial charge >= 0.3 is 0 Å². The standard InChI is InChI=1S/C17H24N2O2/c1-4-11(3)15(16(18)20)19-17(21)14-9-13(14)12-7-5-10(2)6-8-12/h5-8,11,13-15H,4,9H2,1-3H3,(H2,18,20)(H,19,21)/t11?,13-,14-,15+/m1/s1. The van der Waals surface area contributed by atoms with Gasteiger partial charge in [-0.05, 0) is 30.7 Å². The third-order valence-electron chi connectivity index (χ3n) is 4.45. The fourth-order valence-corrected chi connectivity index (χ4v) is 2.66. The Kier molecular flexibility index (Phi) is 4.66. The first-order valence-corrected chi connectivity index (χ1v) is 7.60. The molecule has 0 heterocycles. The van der Waals surface area contributed by atoms with Crippen molar-refractivity contribution in [2.45, 2.75) is 45.6 Å². The molecule has 2 rings (SSSR count). The number of carbonyl (C=O) groups excluding carboxylic acids is 2. The molecule has 1 aromatic carbocycles. The minimum Gasteiger partial charge on any atom is -0.368 e. The lowest BCUT2D eigenvalue weighted by molar-refractivity contribution is -0.129. The predicted molar refractivity (Wildman–Crippen MR) is 82.6 cm³/mol. The number of amides is 2. The highest BCUT2D eigenvalue weighted by Crippen LogP contribution is 2.47. The van der Waals surface area contributed by atoms with Gasteiger partial charge in [0.05, 0.1) is 0 Å². The maximum absolute atomic E-state index is 12.3. The monoisotopic (exact) mass is 288 g/mol. The summed E-state index contributed by atoms with van der Waals surface area (Å²) in [4.78, 5) is 23.7. The van der Waals surface area contributed by atoms with Crippen molar-refractivity contribution in [2.75, 3.05) is 0 Å². The largest absolute Gasteiger partial charge is 0.368 e. The molecule has 4 nitrogen and oxygen atoms in total. The van der Waals surface area contributed by atoms with Gasteiger partial charge in [-0.15, -0.1) is 0 Å². The van der Waals surface area contributed by atoms with Crippen LogP contribution in [0.2, 0.25) is 0 Å². The van der Waals surface area contributed by atoms with E-state index in [1.807, 2.05) is 20.8 Å². The Labute approximate surface area is 126 Å². The first-order valence-electron chi connectivity index (χ1n) is 7.60. The van der Waals surface area contributed by atoms with Gasteiger partial charge in [-0.3, -0.25) is 9.59 Å². The fraction of sp³-hybridized carbons (Fsp3) is 0.529. The van der Waals surface area contributed by atoms with Crippen molar-refractivity contribution >= 4 is 11.8 Å². The summed E-state index contributed by atoms with van der Waals surface area (Å²) in [5.41, 5.74) is 7.80. The second-order valence-electron chi connectivity index (χ2n) is 6.13. The molecule has 0 bridgehead atoms. The summed E-state index contributed by atoms with van der Waals surface area (Å²) < 4.78 is 0. The molecule has 2 amide bonds. The third kappa shape index (κ3) is 3.63. The van der Waals surface area contributed by atoms with Crippen molar-refractivity contribution in [1.29, 1.82) is 0 Å². The molecule has 1 unspecified atom stereocenters. The number of benzene rings is 1. The minimum absolute atomic E-state index is 0.0291. The fourth-order valence-electron chi connectivity index (χ4n) is 2.66. The van der Waals surface area contributed by atoms with E-state index in [2.05, 4.69) is 29.6 Å². The summed E-state index contributed by atoms with van der Waals surface area (Å²) in [5.74, 6) is -0.201. The van der Waals surface area contributed by atoms with Crippen LogP contribution < -0.4 is 11.1 Å². The van der Waals surface area contributed by atoms with E-state index >= 15 is 0 Å². The predicted octanol–water partition coefficient (Wildman–Crippen LogP) is 2.11. The highest BCUT2D eigenvalue weighted by molar-refractivity contribution is 5.89. The number of nitrogens with two attached hydrogens (primary N) is 1. The van der Waals surface area contributed by atoms with Gasteiger partial charge in [-0.1, -0.05) is 50.1 Å². The maximum Gasteiger partial charge on any atom is 0.240 e. The molecular formula is C17H24N2O2. The summed E-state index contributed by atoms with van der Waals surface area (Å²) >= 11 is 0. The number of aryl methyl sites for hydroxylation is 1. The molecule has 1 fully saturated rings. The SMILES string of the molecule is CCC(C)[C@H](NC(=O)[C@@H]1C[C@@H]1c1ccc(C)cc1)C(N)=O. The summed E-state index contributed by atoms with van der Waals surface area (Å²) in [6.07, 6.45) is 1.65. The molecule has 1 saturated carbocycles. The van der Waals surface area contributed by atoms with E-state index in [1.54, 1.807) is 0 Å². The highest BCUT2D eigenvalue weighted by atomic mass is 16.2. The molecule has 0 aromatic heterocycles. The van der Waals surface area contributed by atoms with Crippen molar-refractivity contribution in [1.82, 2.24) is 5.32 Å². The minimum atomic E-state index is -0.568. The van der Waals surface area contributed by atoms with Crippen LogP contribution in [0.1, 0.15) is 43.7 Å². The summed E-state index contributed by atoms with van der Waals surface area (Å²) in [6, 6.07) is 7.71. The van der Waals surface area contributed by atoms with Crippen LogP contribution in [0.4, 0.5) is 0 Å². The van der Waals surface area contributed by atoms with E-state index < -0.39 is 11.9 Å². The smallest absolute Gasteiger partial charge is 0.240 e. The molecule has 0 aliphatic heterocycles. The maximum atomic E-state index is 12.3. The lowest BCUT2D eigenvalue weighted by Gasteiger charge is -2.21. The van der Waals surface area contributed by atoms with Gasteiger partial charge in [0.2, 0.25) is 11.8 Å². The van der Waals surface area contributed by atoms with E-state index in [9.17, 15) is 9.59 Å². The molecule has 4 atom stereocenters. The van der Waals surface area contributed by atoms with Crippen LogP contribution in [0.3, 0.4) is 0 Å². The van der Waals surface area contributed by atoms with E-state index in [0.29, 0.717) is 0 Å². The number of primary amides is 1. The van der Waals surface area contributed by atoms with Crippen LogP contribution in [0.15, 0.2) is 24.3 Å². The molecule has 1 aliphatic rings. The number of carbonyl (C=O) groups is 2. The van der Waals surface area contributed by atoms with Gasteiger partial charge in [-0.25, -0.2) is 0 Å². The Hall–Kier alpha value is -1.84. The number of nitrogens with one attached hydrogen (secondary N) is 1.